The van der Waals surface area contributed by atoms with Crippen molar-refractivity contribution in [1.82, 2.24) is 5.01 Å². The molecule has 0 fully saturated rings. The first-order chi connectivity index (χ1) is 9.15. The van der Waals surface area contributed by atoms with Crippen LogP contribution in [0.2, 0.25) is 0 Å². The number of rotatable bonds is 1. The third-order valence-corrected chi connectivity index (χ3v) is 2.86. The smallest absolute Gasteiger partial charge is 0.362 e. The fourth-order valence-corrected chi connectivity index (χ4v) is 1.87. The van der Waals surface area contributed by atoms with Gasteiger partial charge in [0.1, 0.15) is 5.82 Å². The quantitative estimate of drug-likeness (QED) is 0.807. The Labute approximate surface area is 111 Å². The summed E-state index contributed by atoms with van der Waals surface area (Å²) < 4.78 is 51.5. The van der Waals surface area contributed by atoms with E-state index in [9.17, 15) is 27.5 Å². The molecule has 1 aromatic carbocycles. The molecule has 0 aromatic heterocycles. The highest BCUT2D eigenvalue weighted by atomic mass is 19.4. The lowest BCUT2D eigenvalue weighted by Crippen LogP contribution is -2.56. The maximum atomic E-state index is 12.9. The lowest BCUT2D eigenvalue weighted by molar-refractivity contribution is -0.297. The van der Waals surface area contributed by atoms with Crippen LogP contribution in [-0.2, 0) is 0 Å². The molecule has 0 saturated carbocycles. The lowest BCUT2D eigenvalue weighted by Gasteiger charge is -2.32. The Bertz CT molecular complexity index is 568. The number of hydrogen-bond donors (Lipinski definition) is 1. The van der Waals surface area contributed by atoms with Gasteiger partial charge in [0.25, 0.3) is 11.6 Å². The highest BCUT2D eigenvalue weighted by molar-refractivity contribution is 5.97. The molecular weight excluding hydrogens is 280 g/mol. The van der Waals surface area contributed by atoms with Crippen LogP contribution in [0.5, 0.6) is 0 Å². The number of carbonyl (C=O) groups excluding carboxylic acids is 1. The summed E-state index contributed by atoms with van der Waals surface area (Å²) in [6.45, 7) is 1.27. The molecule has 1 heterocycles. The van der Waals surface area contributed by atoms with E-state index in [0.29, 0.717) is 0 Å². The first-order valence-corrected chi connectivity index (χ1v) is 5.58. The van der Waals surface area contributed by atoms with Crippen LogP contribution in [0.15, 0.2) is 29.4 Å². The molecule has 2 rings (SSSR count). The molecule has 0 saturated heterocycles. The van der Waals surface area contributed by atoms with E-state index in [4.69, 9.17) is 0 Å². The molecule has 1 N–H and O–H groups in total. The minimum absolute atomic E-state index is 0.00439. The summed E-state index contributed by atoms with van der Waals surface area (Å²) in [5.41, 5.74) is -3.60. The van der Waals surface area contributed by atoms with Crippen molar-refractivity contribution >= 4 is 11.6 Å². The Balaban J connectivity index is 2.39. The zero-order valence-electron chi connectivity index (χ0n) is 10.3. The molecule has 1 aromatic rings. The van der Waals surface area contributed by atoms with Gasteiger partial charge in [0.2, 0.25) is 0 Å². The number of hydrazone groups is 1. The van der Waals surface area contributed by atoms with Gasteiger partial charge in [-0.3, -0.25) is 4.79 Å². The van der Waals surface area contributed by atoms with Crippen molar-refractivity contribution in [2.24, 2.45) is 5.10 Å². The van der Waals surface area contributed by atoms with Gasteiger partial charge in [0.15, 0.2) is 0 Å². The average molecular weight is 290 g/mol. The average Bonchev–Trinajstić information content (AvgIpc) is 2.65. The maximum absolute atomic E-state index is 12.9. The van der Waals surface area contributed by atoms with Gasteiger partial charge in [-0.2, -0.15) is 23.3 Å². The van der Waals surface area contributed by atoms with Gasteiger partial charge < -0.3 is 5.11 Å². The zero-order chi connectivity index (χ0) is 15.1. The van der Waals surface area contributed by atoms with E-state index in [-0.39, 0.29) is 16.3 Å². The summed E-state index contributed by atoms with van der Waals surface area (Å²) >= 11 is 0. The number of carbonyl (C=O) groups is 1. The summed E-state index contributed by atoms with van der Waals surface area (Å²) in [6, 6.07) is 3.92. The lowest BCUT2D eigenvalue weighted by atomic mass is 10.1. The van der Waals surface area contributed by atoms with Gasteiger partial charge in [-0.25, -0.2) is 4.39 Å². The second kappa shape index (κ2) is 4.55. The molecule has 0 aliphatic carbocycles. The van der Waals surface area contributed by atoms with Crippen LogP contribution in [0.1, 0.15) is 23.7 Å². The molecule has 1 unspecified atom stereocenters. The number of nitrogens with zero attached hydrogens (tertiary/aromatic N) is 2. The highest BCUT2D eigenvalue weighted by Crippen LogP contribution is 2.40. The second-order valence-electron chi connectivity index (χ2n) is 4.45. The van der Waals surface area contributed by atoms with Crippen molar-refractivity contribution in [3.8, 4) is 0 Å². The van der Waals surface area contributed by atoms with Crippen LogP contribution >= 0.6 is 0 Å². The maximum Gasteiger partial charge on any atom is 0.438 e. The van der Waals surface area contributed by atoms with Crippen LogP contribution in [-0.4, -0.2) is 33.6 Å². The number of aliphatic hydroxyl groups is 1. The first kappa shape index (κ1) is 14.4. The molecule has 1 atom stereocenters. The van der Waals surface area contributed by atoms with Crippen LogP contribution in [0.25, 0.3) is 0 Å². The van der Waals surface area contributed by atoms with Crippen molar-refractivity contribution in [3.05, 3.63) is 35.6 Å². The molecule has 4 nitrogen and oxygen atoms in total. The highest BCUT2D eigenvalue weighted by Gasteiger charge is 2.62. The second-order valence-corrected chi connectivity index (χ2v) is 4.45. The van der Waals surface area contributed by atoms with Crippen molar-refractivity contribution in [2.75, 3.05) is 0 Å². The number of benzene rings is 1. The van der Waals surface area contributed by atoms with Crippen molar-refractivity contribution in [2.45, 2.75) is 25.2 Å². The predicted octanol–water partition coefficient (Wildman–Crippen LogP) is 2.30. The summed E-state index contributed by atoms with van der Waals surface area (Å²) in [5.74, 6) is -1.78. The molecule has 0 bridgehead atoms. The van der Waals surface area contributed by atoms with Gasteiger partial charge in [0.05, 0.1) is 0 Å². The Hall–Kier alpha value is -1.96. The molecule has 1 aliphatic rings. The van der Waals surface area contributed by atoms with Gasteiger partial charge in [-0.1, -0.05) is 0 Å². The molecule has 0 spiro atoms. The zero-order valence-corrected chi connectivity index (χ0v) is 10.3. The minimum Gasteiger partial charge on any atom is -0.362 e. The van der Waals surface area contributed by atoms with E-state index in [1.54, 1.807) is 0 Å². The van der Waals surface area contributed by atoms with Crippen molar-refractivity contribution in [3.63, 3.8) is 0 Å². The van der Waals surface area contributed by atoms with Crippen molar-refractivity contribution < 1.29 is 27.5 Å². The Morgan fingerprint density at radius 2 is 1.90 bits per heavy atom. The fourth-order valence-electron chi connectivity index (χ4n) is 1.87. The fraction of sp³-hybridized carbons (Fsp3) is 0.333. The van der Waals surface area contributed by atoms with Gasteiger partial charge in [-0.15, -0.1) is 0 Å². The van der Waals surface area contributed by atoms with Crippen LogP contribution in [0, 0.1) is 5.82 Å². The molecule has 20 heavy (non-hydrogen) atoms. The van der Waals surface area contributed by atoms with E-state index >= 15 is 0 Å². The number of halogens is 4. The molecule has 1 aliphatic heterocycles. The minimum atomic E-state index is -5.05. The Kier molecular flexibility index (Phi) is 3.29. The Morgan fingerprint density at radius 3 is 2.40 bits per heavy atom. The monoisotopic (exact) mass is 290 g/mol. The normalized spacial score (nSPS) is 22.9. The summed E-state index contributed by atoms with van der Waals surface area (Å²) in [6.07, 6.45) is -5.87. The topological polar surface area (TPSA) is 52.9 Å². The Morgan fingerprint density at radius 1 is 1.35 bits per heavy atom. The van der Waals surface area contributed by atoms with Crippen LogP contribution in [0.4, 0.5) is 17.6 Å². The molecule has 8 heteroatoms. The number of amides is 1. The van der Waals surface area contributed by atoms with Crippen LogP contribution in [0.3, 0.4) is 0 Å². The largest absolute Gasteiger partial charge is 0.438 e. The van der Waals surface area contributed by atoms with E-state index in [1.807, 2.05) is 0 Å². The molecule has 1 amide bonds. The standard InChI is InChI=1S/C12H10F4N2O2/c1-7-6-11(20,12(14,15)16)18(17-7)10(19)8-2-4-9(13)5-3-8/h2-5,20H,6H2,1H3. The summed E-state index contributed by atoms with van der Waals surface area (Å²) in [7, 11) is 0. The number of hydrogen-bond acceptors (Lipinski definition) is 3. The van der Waals surface area contributed by atoms with Gasteiger partial charge in [-0.05, 0) is 31.2 Å². The van der Waals surface area contributed by atoms with Gasteiger partial charge >= 0.3 is 6.18 Å². The van der Waals surface area contributed by atoms with E-state index < -0.39 is 30.0 Å². The first-order valence-electron chi connectivity index (χ1n) is 5.58. The van der Waals surface area contributed by atoms with E-state index in [1.165, 1.54) is 6.92 Å². The SMILES string of the molecule is CC1=NN(C(=O)c2ccc(F)cc2)C(O)(C(F)(F)F)C1. The summed E-state index contributed by atoms with van der Waals surface area (Å²) in [5, 5.41) is 13.2. The van der Waals surface area contributed by atoms with E-state index in [0.717, 1.165) is 24.3 Å². The predicted molar refractivity (Wildman–Crippen MR) is 61.3 cm³/mol. The van der Waals surface area contributed by atoms with E-state index in [2.05, 4.69) is 5.10 Å². The van der Waals surface area contributed by atoms with Crippen molar-refractivity contribution in [1.29, 1.82) is 0 Å². The third-order valence-electron chi connectivity index (χ3n) is 2.86. The summed E-state index contributed by atoms with van der Waals surface area (Å²) in [4.78, 5) is 12.0. The van der Waals surface area contributed by atoms with Crippen LogP contribution < -0.4 is 0 Å². The molecular formula is C12H10F4N2O2. The molecule has 108 valence electrons. The number of alkyl halides is 3. The molecule has 0 radical (unpaired) electrons. The van der Waals surface area contributed by atoms with Gasteiger partial charge in [0, 0.05) is 17.7 Å². The third kappa shape index (κ3) is 2.26.